The highest BCUT2D eigenvalue weighted by atomic mass is 35.5. The van der Waals surface area contributed by atoms with Crippen LogP contribution in [0.25, 0.3) is 0 Å². The van der Waals surface area contributed by atoms with E-state index in [2.05, 4.69) is 35.9 Å². The Bertz CT molecular complexity index is 310. The number of nitrogens with zero attached hydrogens (tertiary/aromatic N) is 2. The molecule has 1 N–H and O–H groups in total. The lowest BCUT2D eigenvalue weighted by atomic mass is 10.1. The van der Waals surface area contributed by atoms with Gasteiger partial charge in [0.2, 0.25) is 0 Å². The first kappa shape index (κ1) is 17.5. The molecule has 0 atom stereocenters. The van der Waals surface area contributed by atoms with E-state index in [1.165, 1.54) is 43.4 Å². The van der Waals surface area contributed by atoms with Crippen molar-refractivity contribution in [1.29, 1.82) is 0 Å². The second kappa shape index (κ2) is 10.4. The molecule has 0 aliphatic carbocycles. The minimum absolute atomic E-state index is 0. The highest BCUT2D eigenvalue weighted by Gasteiger charge is 2.04. The van der Waals surface area contributed by atoms with Crippen molar-refractivity contribution in [3.8, 4) is 0 Å². The van der Waals surface area contributed by atoms with Crippen LogP contribution in [0.1, 0.15) is 57.2 Å². The van der Waals surface area contributed by atoms with Gasteiger partial charge in [-0.2, -0.15) is 5.10 Å². The summed E-state index contributed by atoms with van der Waals surface area (Å²) in [5.41, 5.74) is 2.63. The van der Waals surface area contributed by atoms with Gasteiger partial charge in [0.05, 0.1) is 11.9 Å². The quantitative estimate of drug-likeness (QED) is 0.696. The fourth-order valence-corrected chi connectivity index (χ4v) is 2.07. The molecule has 4 heteroatoms. The zero-order chi connectivity index (χ0) is 12.5. The fourth-order valence-electron chi connectivity index (χ4n) is 2.07. The maximum Gasteiger partial charge on any atom is 0.0551 e. The molecule has 0 aromatic carbocycles. The monoisotopic (exact) mass is 273 g/mol. The highest BCUT2D eigenvalue weighted by molar-refractivity contribution is 5.85. The number of halogens is 1. The molecule has 0 aliphatic rings. The van der Waals surface area contributed by atoms with Crippen LogP contribution in [-0.2, 0) is 13.1 Å². The van der Waals surface area contributed by atoms with Gasteiger partial charge in [0, 0.05) is 13.1 Å². The van der Waals surface area contributed by atoms with Crippen molar-refractivity contribution < 1.29 is 0 Å². The first-order valence-corrected chi connectivity index (χ1v) is 7.01. The molecule has 0 saturated heterocycles. The van der Waals surface area contributed by atoms with E-state index >= 15 is 0 Å². The average Bonchev–Trinajstić information content (AvgIpc) is 2.69. The van der Waals surface area contributed by atoms with Crippen molar-refractivity contribution in [2.45, 2.75) is 66.0 Å². The van der Waals surface area contributed by atoms with E-state index in [1.54, 1.807) is 0 Å². The summed E-state index contributed by atoms with van der Waals surface area (Å²) in [4.78, 5) is 0. The standard InChI is InChI=1S/C14H27N3.ClH/c1-4-6-7-8-9-10-15-12-14-13(3)11-16-17(14)5-2;/h11,15H,4-10,12H2,1-3H3;1H. The zero-order valence-corrected chi connectivity index (χ0v) is 12.9. The summed E-state index contributed by atoms with van der Waals surface area (Å²) >= 11 is 0. The van der Waals surface area contributed by atoms with E-state index < -0.39 is 0 Å². The van der Waals surface area contributed by atoms with E-state index in [0.717, 1.165) is 19.6 Å². The van der Waals surface area contributed by atoms with E-state index in [9.17, 15) is 0 Å². The molecule has 0 aliphatic heterocycles. The van der Waals surface area contributed by atoms with Gasteiger partial charge in [-0.3, -0.25) is 4.68 Å². The van der Waals surface area contributed by atoms with Crippen molar-refractivity contribution in [2.75, 3.05) is 6.54 Å². The summed E-state index contributed by atoms with van der Waals surface area (Å²) in [6, 6.07) is 0. The Balaban J connectivity index is 0.00000289. The zero-order valence-electron chi connectivity index (χ0n) is 12.0. The largest absolute Gasteiger partial charge is 0.311 e. The highest BCUT2D eigenvalue weighted by Crippen LogP contribution is 2.07. The molecule has 0 bridgehead atoms. The van der Waals surface area contributed by atoms with Crippen LogP contribution >= 0.6 is 12.4 Å². The average molecular weight is 274 g/mol. The molecule has 1 aromatic rings. The number of unbranched alkanes of at least 4 members (excludes halogenated alkanes) is 4. The number of hydrogen-bond donors (Lipinski definition) is 1. The van der Waals surface area contributed by atoms with E-state index in [1.807, 2.05) is 6.20 Å². The second-order valence-corrected chi connectivity index (χ2v) is 4.68. The maximum absolute atomic E-state index is 4.35. The third kappa shape index (κ3) is 5.87. The Morgan fingerprint density at radius 2 is 1.89 bits per heavy atom. The summed E-state index contributed by atoms with van der Waals surface area (Å²) in [5, 5.41) is 7.87. The number of aryl methyl sites for hydroxylation is 2. The third-order valence-corrected chi connectivity index (χ3v) is 3.21. The molecule has 0 amide bonds. The van der Waals surface area contributed by atoms with Crippen molar-refractivity contribution in [3.63, 3.8) is 0 Å². The number of aromatic nitrogens is 2. The van der Waals surface area contributed by atoms with Crippen LogP contribution in [0.2, 0.25) is 0 Å². The SMILES string of the molecule is CCCCCCCNCc1c(C)cnn1CC.Cl. The van der Waals surface area contributed by atoms with Crippen molar-refractivity contribution in [1.82, 2.24) is 15.1 Å². The molecule has 3 nitrogen and oxygen atoms in total. The Hall–Kier alpha value is -0.540. The number of nitrogens with one attached hydrogen (secondary N) is 1. The molecular weight excluding hydrogens is 246 g/mol. The molecule has 0 unspecified atom stereocenters. The first-order valence-electron chi connectivity index (χ1n) is 7.01. The molecule has 0 fully saturated rings. The van der Waals surface area contributed by atoms with Crippen LogP contribution in [0.3, 0.4) is 0 Å². The van der Waals surface area contributed by atoms with Crippen LogP contribution < -0.4 is 5.32 Å². The van der Waals surface area contributed by atoms with Gasteiger partial charge >= 0.3 is 0 Å². The van der Waals surface area contributed by atoms with Crippen LogP contribution in [-0.4, -0.2) is 16.3 Å². The molecular formula is C14H28ClN3. The smallest absolute Gasteiger partial charge is 0.0551 e. The van der Waals surface area contributed by atoms with Gasteiger partial charge in [-0.1, -0.05) is 32.6 Å². The van der Waals surface area contributed by atoms with Crippen LogP contribution in [0, 0.1) is 6.92 Å². The van der Waals surface area contributed by atoms with Gasteiger partial charge in [0.25, 0.3) is 0 Å². The maximum atomic E-state index is 4.35. The Kier molecular flexibility index (Phi) is 10.1. The predicted octanol–water partition coefficient (Wildman–Crippen LogP) is 3.69. The molecule has 0 spiro atoms. The van der Waals surface area contributed by atoms with Gasteiger partial charge < -0.3 is 5.32 Å². The lowest BCUT2D eigenvalue weighted by Gasteiger charge is -2.08. The van der Waals surface area contributed by atoms with Crippen molar-refractivity contribution in [2.24, 2.45) is 0 Å². The van der Waals surface area contributed by atoms with Gasteiger partial charge in [-0.15, -0.1) is 12.4 Å². The van der Waals surface area contributed by atoms with Crippen molar-refractivity contribution in [3.05, 3.63) is 17.5 Å². The normalized spacial score (nSPS) is 10.4. The first-order chi connectivity index (χ1) is 8.29. The lowest BCUT2D eigenvalue weighted by Crippen LogP contribution is -2.18. The van der Waals surface area contributed by atoms with Gasteiger partial charge in [-0.05, 0) is 32.4 Å². The summed E-state index contributed by atoms with van der Waals surface area (Å²) in [6.07, 6.45) is 8.68. The Morgan fingerprint density at radius 3 is 2.56 bits per heavy atom. The third-order valence-electron chi connectivity index (χ3n) is 3.21. The minimum atomic E-state index is 0. The minimum Gasteiger partial charge on any atom is -0.311 e. The summed E-state index contributed by atoms with van der Waals surface area (Å²) < 4.78 is 2.08. The van der Waals surface area contributed by atoms with Crippen molar-refractivity contribution >= 4 is 12.4 Å². The van der Waals surface area contributed by atoms with Gasteiger partial charge in [-0.25, -0.2) is 0 Å². The fraction of sp³-hybridized carbons (Fsp3) is 0.786. The summed E-state index contributed by atoms with van der Waals surface area (Å²) in [5.74, 6) is 0. The Labute approximate surface area is 118 Å². The van der Waals surface area contributed by atoms with E-state index in [4.69, 9.17) is 0 Å². The molecule has 0 saturated carbocycles. The Morgan fingerprint density at radius 1 is 1.17 bits per heavy atom. The lowest BCUT2D eigenvalue weighted by molar-refractivity contribution is 0.551. The van der Waals surface area contributed by atoms with Gasteiger partial charge in [0.15, 0.2) is 0 Å². The van der Waals surface area contributed by atoms with Crippen LogP contribution in [0.4, 0.5) is 0 Å². The number of hydrogen-bond acceptors (Lipinski definition) is 2. The molecule has 1 heterocycles. The van der Waals surface area contributed by atoms with Crippen LogP contribution in [0.15, 0.2) is 6.20 Å². The molecule has 0 radical (unpaired) electrons. The molecule has 1 rings (SSSR count). The molecule has 18 heavy (non-hydrogen) atoms. The van der Waals surface area contributed by atoms with E-state index in [-0.39, 0.29) is 12.4 Å². The second-order valence-electron chi connectivity index (χ2n) is 4.68. The van der Waals surface area contributed by atoms with Gasteiger partial charge in [0.1, 0.15) is 0 Å². The predicted molar refractivity (Wildman–Crippen MR) is 80.4 cm³/mol. The number of rotatable bonds is 9. The summed E-state index contributed by atoms with van der Waals surface area (Å²) in [6.45, 7) is 9.57. The van der Waals surface area contributed by atoms with Crippen LogP contribution in [0.5, 0.6) is 0 Å². The van der Waals surface area contributed by atoms with E-state index in [0.29, 0.717) is 0 Å². The molecule has 1 aromatic heterocycles. The molecule has 106 valence electrons. The summed E-state index contributed by atoms with van der Waals surface area (Å²) in [7, 11) is 0. The topological polar surface area (TPSA) is 29.9 Å².